The Hall–Kier alpha value is -2.83. The molecule has 7 heteroatoms. The number of halogens is 3. The Morgan fingerprint density at radius 2 is 1.68 bits per heavy atom. The highest BCUT2D eigenvalue weighted by molar-refractivity contribution is 5.95. The first kappa shape index (κ1) is 18.5. The van der Waals surface area contributed by atoms with Gasteiger partial charge in [0.15, 0.2) is 6.10 Å². The third kappa shape index (κ3) is 5.63. The van der Waals surface area contributed by atoms with Crippen molar-refractivity contribution >= 4 is 17.6 Å². The van der Waals surface area contributed by atoms with Gasteiger partial charge in [-0.1, -0.05) is 12.1 Å². The van der Waals surface area contributed by atoms with E-state index in [9.17, 15) is 22.8 Å². The van der Waals surface area contributed by atoms with Gasteiger partial charge < -0.3 is 10.1 Å². The second-order valence-corrected chi connectivity index (χ2v) is 5.37. The summed E-state index contributed by atoms with van der Waals surface area (Å²) in [5.74, 6) is -3.29. The van der Waals surface area contributed by atoms with E-state index in [1.807, 2.05) is 0 Å². The molecule has 1 atom stereocenters. The Kier molecular flexibility index (Phi) is 6.16. The number of carbonyl (C=O) groups is 2. The summed E-state index contributed by atoms with van der Waals surface area (Å²) >= 11 is 0. The van der Waals surface area contributed by atoms with Crippen LogP contribution in [0.5, 0.6) is 0 Å². The van der Waals surface area contributed by atoms with E-state index in [0.29, 0.717) is 6.42 Å². The average Bonchev–Trinajstić information content (AvgIpc) is 2.57. The van der Waals surface area contributed by atoms with Crippen LogP contribution in [-0.4, -0.2) is 18.0 Å². The lowest BCUT2D eigenvalue weighted by Crippen LogP contribution is -2.30. The third-order valence-electron chi connectivity index (χ3n) is 3.39. The number of aryl methyl sites for hydroxylation is 1. The summed E-state index contributed by atoms with van der Waals surface area (Å²) in [5, 5.41) is 2.16. The first-order valence-corrected chi connectivity index (χ1v) is 7.55. The molecule has 0 saturated carbocycles. The molecule has 0 aliphatic heterocycles. The Balaban J connectivity index is 1.84. The maximum absolute atomic E-state index is 13.5. The Morgan fingerprint density at radius 3 is 2.36 bits per heavy atom. The van der Waals surface area contributed by atoms with E-state index in [1.165, 1.54) is 19.1 Å². The van der Waals surface area contributed by atoms with Crippen LogP contribution in [0.25, 0.3) is 0 Å². The monoisotopic (exact) mass is 351 g/mol. The number of carbonyl (C=O) groups excluding carboxylic acids is 2. The molecule has 0 unspecified atom stereocenters. The Labute approximate surface area is 142 Å². The number of rotatable bonds is 6. The first-order valence-electron chi connectivity index (χ1n) is 7.55. The van der Waals surface area contributed by atoms with Crippen LogP contribution in [0.4, 0.5) is 18.9 Å². The second-order valence-electron chi connectivity index (χ2n) is 5.37. The predicted molar refractivity (Wildman–Crippen MR) is 85.3 cm³/mol. The lowest BCUT2D eigenvalue weighted by molar-refractivity contribution is -0.153. The van der Waals surface area contributed by atoms with Crippen molar-refractivity contribution in [2.75, 3.05) is 5.32 Å². The molecule has 132 valence electrons. The van der Waals surface area contributed by atoms with Crippen molar-refractivity contribution in [1.29, 1.82) is 0 Å². The zero-order valence-electron chi connectivity index (χ0n) is 13.4. The highest BCUT2D eigenvalue weighted by atomic mass is 19.1. The van der Waals surface area contributed by atoms with Gasteiger partial charge in [0.25, 0.3) is 5.91 Å². The van der Waals surface area contributed by atoms with E-state index in [-0.39, 0.29) is 17.9 Å². The quantitative estimate of drug-likeness (QED) is 0.809. The minimum Gasteiger partial charge on any atom is -0.453 e. The summed E-state index contributed by atoms with van der Waals surface area (Å²) in [4.78, 5) is 23.7. The molecule has 0 aromatic heterocycles. The molecule has 2 aromatic carbocycles. The summed E-state index contributed by atoms with van der Waals surface area (Å²) in [5.41, 5.74) is 0.413. The topological polar surface area (TPSA) is 55.4 Å². The Bertz CT molecular complexity index is 763. The molecule has 1 N–H and O–H groups in total. The Morgan fingerprint density at radius 1 is 1.04 bits per heavy atom. The average molecular weight is 351 g/mol. The number of hydrogen-bond donors (Lipinski definition) is 1. The van der Waals surface area contributed by atoms with E-state index in [2.05, 4.69) is 5.32 Å². The van der Waals surface area contributed by atoms with Crippen molar-refractivity contribution in [3.05, 3.63) is 65.5 Å². The van der Waals surface area contributed by atoms with Gasteiger partial charge in [-0.2, -0.15) is 0 Å². The van der Waals surface area contributed by atoms with Crippen molar-refractivity contribution < 1.29 is 27.5 Å². The van der Waals surface area contributed by atoms with Crippen LogP contribution in [-0.2, 0) is 20.7 Å². The number of benzene rings is 2. The van der Waals surface area contributed by atoms with Gasteiger partial charge in [-0.15, -0.1) is 0 Å². The normalized spacial score (nSPS) is 11.7. The number of nitrogens with one attached hydrogen (secondary N) is 1. The molecule has 0 aliphatic rings. The van der Waals surface area contributed by atoms with E-state index < -0.39 is 29.6 Å². The first-order chi connectivity index (χ1) is 11.8. The summed E-state index contributed by atoms with van der Waals surface area (Å²) in [6.45, 7) is 1.32. The van der Waals surface area contributed by atoms with Gasteiger partial charge in [0.1, 0.15) is 17.5 Å². The SMILES string of the molecule is C[C@H](OC(=O)CCc1ccc(F)cc1)C(=O)Nc1cc(F)ccc1F. The maximum atomic E-state index is 13.5. The number of ether oxygens (including phenoxy) is 1. The summed E-state index contributed by atoms with van der Waals surface area (Å²) in [7, 11) is 0. The van der Waals surface area contributed by atoms with Crippen LogP contribution in [0.3, 0.4) is 0 Å². The van der Waals surface area contributed by atoms with Crippen LogP contribution >= 0.6 is 0 Å². The van der Waals surface area contributed by atoms with Crippen molar-refractivity contribution in [2.24, 2.45) is 0 Å². The largest absolute Gasteiger partial charge is 0.453 e. The predicted octanol–water partition coefficient (Wildman–Crippen LogP) is 3.61. The van der Waals surface area contributed by atoms with Gasteiger partial charge >= 0.3 is 5.97 Å². The zero-order valence-corrected chi connectivity index (χ0v) is 13.4. The molecule has 1 amide bonds. The highest BCUT2D eigenvalue weighted by Gasteiger charge is 2.19. The lowest BCUT2D eigenvalue weighted by atomic mass is 10.1. The molecule has 0 aliphatic carbocycles. The van der Waals surface area contributed by atoms with Crippen LogP contribution in [0, 0.1) is 17.5 Å². The molecule has 0 bridgehead atoms. The fraction of sp³-hybridized carbons (Fsp3) is 0.222. The second kappa shape index (κ2) is 8.32. The number of hydrogen-bond acceptors (Lipinski definition) is 3. The van der Waals surface area contributed by atoms with Crippen LogP contribution in [0.1, 0.15) is 18.9 Å². The molecule has 0 fully saturated rings. The van der Waals surface area contributed by atoms with Gasteiger partial charge in [0.05, 0.1) is 5.69 Å². The third-order valence-corrected chi connectivity index (χ3v) is 3.39. The molecule has 0 spiro atoms. The highest BCUT2D eigenvalue weighted by Crippen LogP contribution is 2.16. The van der Waals surface area contributed by atoms with Crippen molar-refractivity contribution in [1.82, 2.24) is 0 Å². The maximum Gasteiger partial charge on any atom is 0.306 e. The molecular weight excluding hydrogens is 335 g/mol. The van der Waals surface area contributed by atoms with Gasteiger partial charge in [-0.25, -0.2) is 13.2 Å². The van der Waals surface area contributed by atoms with Crippen LogP contribution < -0.4 is 5.32 Å². The minimum absolute atomic E-state index is 0.00240. The van der Waals surface area contributed by atoms with Gasteiger partial charge in [0, 0.05) is 12.5 Å². The zero-order chi connectivity index (χ0) is 18.4. The van der Waals surface area contributed by atoms with Crippen molar-refractivity contribution in [3.8, 4) is 0 Å². The molecule has 0 heterocycles. The molecular formula is C18H16F3NO3. The fourth-order valence-electron chi connectivity index (χ4n) is 2.03. The standard InChI is InChI=1S/C18H16F3NO3/c1-11(18(24)22-16-10-14(20)7-8-15(16)21)25-17(23)9-4-12-2-5-13(19)6-3-12/h2-3,5-8,10-11H,4,9H2,1H3,(H,22,24)/t11-/m0/s1. The van der Waals surface area contributed by atoms with Crippen LogP contribution in [0.15, 0.2) is 42.5 Å². The number of amides is 1. The molecule has 0 radical (unpaired) electrons. The van der Waals surface area contributed by atoms with E-state index in [1.54, 1.807) is 12.1 Å². The summed E-state index contributed by atoms with van der Waals surface area (Å²) in [6, 6.07) is 8.29. The molecule has 2 aromatic rings. The molecule has 2 rings (SSSR count). The lowest BCUT2D eigenvalue weighted by Gasteiger charge is -2.14. The van der Waals surface area contributed by atoms with Gasteiger partial charge in [0.2, 0.25) is 0 Å². The van der Waals surface area contributed by atoms with Crippen LogP contribution in [0.2, 0.25) is 0 Å². The van der Waals surface area contributed by atoms with Crippen molar-refractivity contribution in [2.45, 2.75) is 25.9 Å². The van der Waals surface area contributed by atoms with E-state index in [0.717, 1.165) is 23.8 Å². The van der Waals surface area contributed by atoms with E-state index >= 15 is 0 Å². The molecule has 0 saturated heterocycles. The van der Waals surface area contributed by atoms with E-state index in [4.69, 9.17) is 4.74 Å². The van der Waals surface area contributed by atoms with Crippen molar-refractivity contribution in [3.63, 3.8) is 0 Å². The molecule has 4 nitrogen and oxygen atoms in total. The fourth-order valence-corrected chi connectivity index (χ4v) is 2.03. The minimum atomic E-state index is -1.18. The summed E-state index contributed by atoms with van der Waals surface area (Å²) in [6.07, 6.45) is -0.854. The van der Waals surface area contributed by atoms with Gasteiger partial charge in [-0.05, 0) is 43.2 Å². The van der Waals surface area contributed by atoms with Gasteiger partial charge in [-0.3, -0.25) is 9.59 Å². The number of esters is 1. The smallest absolute Gasteiger partial charge is 0.306 e. The molecule has 25 heavy (non-hydrogen) atoms. The number of anilines is 1. The summed E-state index contributed by atoms with van der Waals surface area (Å²) < 4.78 is 44.3.